The van der Waals surface area contributed by atoms with Crippen molar-refractivity contribution < 1.29 is 14.3 Å². The molecule has 6 heteroatoms. The number of amides is 3. The van der Waals surface area contributed by atoms with E-state index in [9.17, 15) is 9.59 Å². The van der Waals surface area contributed by atoms with E-state index in [-0.39, 0.29) is 23.5 Å². The average molecular weight is 297 g/mol. The van der Waals surface area contributed by atoms with Crippen LogP contribution in [0.1, 0.15) is 27.7 Å². The van der Waals surface area contributed by atoms with Crippen LogP contribution in [0.2, 0.25) is 0 Å². The summed E-state index contributed by atoms with van der Waals surface area (Å²) in [5.41, 5.74) is 0.0240. The quantitative estimate of drug-likeness (QED) is 0.763. The van der Waals surface area contributed by atoms with Crippen molar-refractivity contribution in [3.05, 3.63) is 12.7 Å². The minimum Gasteiger partial charge on any atom is -0.375 e. The maximum Gasteiger partial charge on any atom is 0.321 e. The molecule has 1 heterocycles. The standard InChI is InChI=1S/C15H27N3O3/c1-6-7-16-14(20)17-13(19)11(2)18-8-9-21-12(10-18)15(3,4)5/h6,11-12H,1,7-10H2,2-5H3,(H2,16,17,19,20)/t11-,12+/m0/s1. The van der Waals surface area contributed by atoms with Gasteiger partial charge >= 0.3 is 6.03 Å². The molecular formula is C15H27N3O3. The first-order chi connectivity index (χ1) is 9.75. The predicted octanol–water partition coefficient (Wildman–Crippen LogP) is 1.13. The lowest BCUT2D eigenvalue weighted by Gasteiger charge is -2.41. The maximum atomic E-state index is 12.1. The molecule has 0 bridgehead atoms. The van der Waals surface area contributed by atoms with Gasteiger partial charge in [-0.25, -0.2) is 4.79 Å². The second-order valence-electron chi connectivity index (χ2n) is 6.38. The predicted molar refractivity (Wildman–Crippen MR) is 82.0 cm³/mol. The number of morpholine rings is 1. The van der Waals surface area contributed by atoms with E-state index in [1.807, 2.05) is 0 Å². The number of hydrogen-bond acceptors (Lipinski definition) is 4. The van der Waals surface area contributed by atoms with Gasteiger partial charge in [0.2, 0.25) is 5.91 Å². The highest BCUT2D eigenvalue weighted by Crippen LogP contribution is 2.26. The molecule has 1 saturated heterocycles. The zero-order valence-corrected chi connectivity index (χ0v) is 13.4. The SMILES string of the molecule is C=CCNC(=O)NC(=O)[C@H](C)N1CCO[C@@H](C(C)(C)C)C1. The molecule has 0 unspecified atom stereocenters. The number of nitrogens with one attached hydrogen (secondary N) is 2. The van der Waals surface area contributed by atoms with Gasteiger partial charge in [0.05, 0.1) is 18.8 Å². The second-order valence-corrected chi connectivity index (χ2v) is 6.38. The van der Waals surface area contributed by atoms with Crippen LogP contribution in [0.3, 0.4) is 0 Å². The van der Waals surface area contributed by atoms with Crippen molar-refractivity contribution in [1.29, 1.82) is 0 Å². The van der Waals surface area contributed by atoms with Gasteiger partial charge in [-0.3, -0.25) is 15.0 Å². The molecular weight excluding hydrogens is 270 g/mol. The van der Waals surface area contributed by atoms with Crippen LogP contribution >= 0.6 is 0 Å². The van der Waals surface area contributed by atoms with Crippen molar-refractivity contribution in [3.63, 3.8) is 0 Å². The van der Waals surface area contributed by atoms with E-state index in [2.05, 4.69) is 42.9 Å². The highest BCUT2D eigenvalue weighted by molar-refractivity contribution is 5.96. The van der Waals surface area contributed by atoms with Gasteiger partial charge in [-0.15, -0.1) is 6.58 Å². The maximum absolute atomic E-state index is 12.1. The van der Waals surface area contributed by atoms with E-state index in [0.717, 1.165) is 0 Å². The smallest absolute Gasteiger partial charge is 0.321 e. The molecule has 120 valence electrons. The van der Waals surface area contributed by atoms with Crippen molar-refractivity contribution in [2.45, 2.75) is 39.8 Å². The highest BCUT2D eigenvalue weighted by Gasteiger charge is 2.34. The van der Waals surface area contributed by atoms with Gasteiger partial charge in [0.25, 0.3) is 0 Å². The van der Waals surface area contributed by atoms with Crippen LogP contribution in [-0.2, 0) is 9.53 Å². The van der Waals surface area contributed by atoms with Crippen molar-refractivity contribution in [1.82, 2.24) is 15.5 Å². The molecule has 1 aliphatic heterocycles. The molecule has 0 aromatic rings. The number of nitrogens with zero attached hydrogens (tertiary/aromatic N) is 1. The Hall–Kier alpha value is -1.40. The molecule has 21 heavy (non-hydrogen) atoms. The molecule has 6 nitrogen and oxygen atoms in total. The molecule has 2 N–H and O–H groups in total. The fraction of sp³-hybridized carbons (Fsp3) is 0.733. The Morgan fingerprint density at radius 1 is 1.48 bits per heavy atom. The summed E-state index contributed by atoms with van der Waals surface area (Å²) in [5.74, 6) is -0.300. The van der Waals surface area contributed by atoms with Crippen LogP contribution < -0.4 is 10.6 Å². The molecule has 0 radical (unpaired) electrons. The van der Waals surface area contributed by atoms with Crippen LogP contribution in [0.4, 0.5) is 4.79 Å². The largest absolute Gasteiger partial charge is 0.375 e. The van der Waals surface area contributed by atoms with Crippen LogP contribution in [-0.4, -0.2) is 55.2 Å². The third kappa shape index (κ3) is 5.47. The van der Waals surface area contributed by atoms with Crippen LogP contribution in [0, 0.1) is 5.41 Å². The number of imide groups is 1. The van der Waals surface area contributed by atoms with E-state index in [0.29, 0.717) is 26.2 Å². The number of carbonyl (C=O) groups is 2. The first-order valence-electron chi connectivity index (χ1n) is 7.31. The fourth-order valence-electron chi connectivity index (χ4n) is 2.14. The molecule has 0 aromatic heterocycles. The zero-order valence-electron chi connectivity index (χ0n) is 13.4. The third-order valence-electron chi connectivity index (χ3n) is 3.63. The lowest BCUT2D eigenvalue weighted by molar-refractivity contribution is -0.131. The number of urea groups is 1. The van der Waals surface area contributed by atoms with Gasteiger partial charge in [-0.05, 0) is 12.3 Å². The number of ether oxygens (including phenoxy) is 1. The minimum absolute atomic E-state index is 0.0240. The summed E-state index contributed by atoms with van der Waals surface area (Å²) in [4.78, 5) is 25.6. The third-order valence-corrected chi connectivity index (χ3v) is 3.63. The van der Waals surface area contributed by atoms with Gasteiger partial charge in [-0.1, -0.05) is 26.8 Å². The Morgan fingerprint density at radius 3 is 2.71 bits per heavy atom. The number of rotatable bonds is 4. The van der Waals surface area contributed by atoms with Crippen LogP contribution in [0.25, 0.3) is 0 Å². The first-order valence-corrected chi connectivity index (χ1v) is 7.31. The Labute approximate surface area is 126 Å². The Balaban J connectivity index is 2.53. The highest BCUT2D eigenvalue weighted by atomic mass is 16.5. The molecule has 0 aromatic carbocycles. The molecule has 0 saturated carbocycles. The summed E-state index contributed by atoms with van der Waals surface area (Å²) < 4.78 is 5.77. The van der Waals surface area contributed by atoms with E-state index < -0.39 is 6.03 Å². The summed E-state index contributed by atoms with van der Waals surface area (Å²) >= 11 is 0. The molecule has 3 amide bonds. The lowest BCUT2D eigenvalue weighted by atomic mass is 9.88. The van der Waals surface area contributed by atoms with Gasteiger partial charge in [0, 0.05) is 19.6 Å². The van der Waals surface area contributed by atoms with Gasteiger partial charge in [-0.2, -0.15) is 0 Å². The van der Waals surface area contributed by atoms with Crippen LogP contribution in [0.15, 0.2) is 12.7 Å². The van der Waals surface area contributed by atoms with Gasteiger partial charge in [0.15, 0.2) is 0 Å². The minimum atomic E-state index is -0.493. The van der Waals surface area contributed by atoms with Crippen molar-refractivity contribution in [2.75, 3.05) is 26.2 Å². The topological polar surface area (TPSA) is 70.7 Å². The van der Waals surface area contributed by atoms with E-state index >= 15 is 0 Å². The van der Waals surface area contributed by atoms with Crippen molar-refractivity contribution in [3.8, 4) is 0 Å². The van der Waals surface area contributed by atoms with Gasteiger partial charge in [0.1, 0.15) is 0 Å². The molecule has 1 rings (SSSR count). The molecule has 1 fully saturated rings. The summed E-state index contributed by atoms with van der Waals surface area (Å²) in [7, 11) is 0. The first kappa shape index (κ1) is 17.7. The van der Waals surface area contributed by atoms with Crippen molar-refractivity contribution in [2.24, 2.45) is 5.41 Å². The van der Waals surface area contributed by atoms with Crippen molar-refractivity contribution >= 4 is 11.9 Å². The average Bonchev–Trinajstić information content (AvgIpc) is 2.43. The van der Waals surface area contributed by atoms with E-state index in [1.54, 1.807) is 13.0 Å². The van der Waals surface area contributed by atoms with E-state index in [4.69, 9.17) is 4.74 Å². The summed E-state index contributed by atoms with van der Waals surface area (Å²) in [6.07, 6.45) is 1.64. The number of hydrogen-bond donors (Lipinski definition) is 2. The monoisotopic (exact) mass is 297 g/mol. The van der Waals surface area contributed by atoms with E-state index in [1.165, 1.54) is 0 Å². The number of carbonyl (C=O) groups excluding carboxylic acids is 2. The van der Waals surface area contributed by atoms with Gasteiger partial charge < -0.3 is 10.1 Å². The summed E-state index contributed by atoms with van der Waals surface area (Å²) in [6.45, 7) is 14.0. The zero-order chi connectivity index (χ0) is 16.0. The summed E-state index contributed by atoms with van der Waals surface area (Å²) in [5, 5.41) is 4.87. The second kappa shape index (κ2) is 7.56. The fourth-order valence-corrected chi connectivity index (χ4v) is 2.14. The molecule has 0 spiro atoms. The summed E-state index contributed by atoms with van der Waals surface area (Å²) in [6, 6.07) is -0.861. The Bertz CT molecular complexity index is 390. The molecule has 2 atom stereocenters. The lowest BCUT2D eigenvalue weighted by Crippen LogP contribution is -2.56. The Kier molecular flexibility index (Phi) is 6.36. The Morgan fingerprint density at radius 2 is 2.14 bits per heavy atom. The normalized spacial score (nSPS) is 21.4. The molecule has 1 aliphatic rings. The van der Waals surface area contributed by atoms with Crippen LogP contribution in [0.5, 0.6) is 0 Å². The molecule has 0 aliphatic carbocycles.